The smallest absolute Gasteiger partial charge is 0.145 e. The Morgan fingerprint density at radius 2 is 2.18 bits per heavy atom. The van der Waals surface area contributed by atoms with Gasteiger partial charge in [0, 0.05) is 11.6 Å². The van der Waals surface area contributed by atoms with E-state index in [-0.39, 0.29) is 0 Å². The van der Waals surface area contributed by atoms with Crippen LogP contribution in [0.5, 0.6) is 5.75 Å². The van der Waals surface area contributed by atoms with E-state index < -0.39 is 0 Å². The van der Waals surface area contributed by atoms with Crippen molar-refractivity contribution in [3.63, 3.8) is 0 Å². The lowest BCUT2D eigenvalue weighted by Crippen LogP contribution is -2.00. The minimum atomic E-state index is 0.497. The summed E-state index contributed by atoms with van der Waals surface area (Å²) in [5, 5.41) is 6.85. The normalized spacial score (nSPS) is 14.8. The second-order valence-electron chi connectivity index (χ2n) is 4.46. The van der Waals surface area contributed by atoms with Gasteiger partial charge >= 0.3 is 0 Å². The summed E-state index contributed by atoms with van der Waals surface area (Å²) in [5.41, 5.74) is 7.52. The Hall–Kier alpha value is -1.97. The molecule has 0 saturated heterocycles. The van der Waals surface area contributed by atoms with Crippen LogP contribution in [-0.4, -0.2) is 16.8 Å². The number of aromatic nitrogens is 2. The molecule has 1 saturated carbocycles. The molecule has 0 aliphatic heterocycles. The molecule has 1 aliphatic carbocycles. The van der Waals surface area contributed by atoms with Crippen LogP contribution < -0.4 is 10.5 Å². The van der Waals surface area contributed by atoms with E-state index in [0.29, 0.717) is 5.82 Å². The zero-order valence-electron chi connectivity index (χ0n) is 9.52. The lowest BCUT2D eigenvalue weighted by atomic mass is 10.1. The third-order valence-corrected chi connectivity index (χ3v) is 2.95. The van der Waals surface area contributed by atoms with Crippen molar-refractivity contribution in [1.29, 1.82) is 0 Å². The van der Waals surface area contributed by atoms with Crippen LogP contribution in [0.3, 0.4) is 0 Å². The molecule has 0 spiro atoms. The summed E-state index contributed by atoms with van der Waals surface area (Å²) in [6, 6.07) is 9.77. The number of benzene rings is 1. The predicted octanol–water partition coefficient (Wildman–Crippen LogP) is 2.45. The Labute approximate surface area is 99.8 Å². The first-order valence-corrected chi connectivity index (χ1v) is 5.86. The average molecular weight is 229 g/mol. The van der Waals surface area contributed by atoms with Crippen molar-refractivity contribution in [1.82, 2.24) is 10.2 Å². The summed E-state index contributed by atoms with van der Waals surface area (Å²) < 4.78 is 5.84. The number of hydrogen-bond acceptors (Lipinski definition) is 3. The van der Waals surface area contributed by atoms with E-state index in [1.807, 2.05) is 30.3 Å². The number of nitrogens with one attached hydrogen (secondary N) is 1. The molecular weight excluding hydrogens is 214 g/mol. The molecule has 0 bridgehead atoms. The number of rotatable bonds is 4. The first-order chi connectivity index (χ1) is 8.33. The van der Waals surface area contributed by atoms with Crippen LogP contribution in [0.25, 0.3) is 11.3 Å². The SMILES string of the molecule is Nc1cc(-c2ccccc2OCC2CC2)[nH]n1. The van der Waals surface area contributed by atoms with Crippen LogP contribution in [-0.2, 0) is 0 Å². The van der Waals surface area contributed by atoms with Gasteiger partial charge in [-0.3, -0.25) is 5.10 Å². The van der Waals surface area contributed by atoms with E-state index in [1.54, 1.807) is 0 Å². The Bertz CT molecular complexity index is 517. The zero-order chi connectivity index (χ0) is 11.7. The number of para-hydroxylation sites is 1. The largest absolute Gasteiger partial charge is 0.493 e. The maximum atomic E-state index is 5.84. The average Bonchev–Trinajstić information content (AvgIpc) is 3.08. The van der Waals surface area contributed by atoms with Gasteiger partial charge in [-0.2, -0.15) is 5.10 Å². The number of ether oxygens (including phenoxy) is 1. The molecule has 0 amide bonds. The molecule has 3 rings (SSSR count). The molecule has 1 aliphatic rings. The van der Waals surface area contributed by atoms with Gasteiger partial charge in [0.15, 0.2) is 0 Å². The van der Waals surface area contributed by atoms with Crippen molar-refractivity contribution < 1.29 is 4.74 Å². The maximum absolute atomic E-state index is 5.84. The molecule has 4 nitrogen and oxygen atoms in total. The van der Waals surface area contributed by atoms with Crippen molar-refractivity contribution in [3.05, 3.63) is 30.3 Å². The topological polar surface area (TPSA) is 63.9 Å². The van der Waals surface area contributed by atoms with E-state index in [2.05, 4.69) is 10.2 Å². The standard InChI is InChI=1S/C13H15N3O/c14-13-7-11(15-16-13)10-3-1-2-4-12(10)17-8-9-5-6-9/h1-4,7,9H,5-6,8H2,(H3,14,15,16). The van der Waals surface area contributed by atoms with Gasteiger partial charge in [0.2, 0.25) is 0 Å². The highest BCUT2D eigenvalue weighted by molar-refractivity contribution is 5.68. The number of H-pyrrole nitrogens is 1. The van der Waals surface area contributed by atoms with Crippen LogP contribution in [0, 0.1) is 5.92 Å². The van der Waals surface area contributed by atoms with Crippen LogP contribution >= 0.6 is 0 Å². The fraction of sp³-hybridized carbons (Fsp3) is 0.308. The lowest BCUT2D eigenvalue weighted by molar-refractivity contribution is 0.301. The molecular formula is C13H15N3O. The molecule has 0 unspecified atom stereocenters. The Morgan fingerprint density at radius 3 is 2.88 bits per heavy atom. The van der Waals surface area contributed by atoms with Gasteiger partial charge in [-0.25, -0.2) is 0 Å². The van der Waals surface area contributed by atoms with Crippen molar-refractivity contribution in [3.8, 4) is 17.0 Å². The summed E-state index contributed by atoms with van der Waals surface area (Å²) in [4.78, 5) is 0. The second kappa shape index (κ2) is 4.13. The van der Waals surface area contributed by atoms with Gasteiger partial charge in [0.05, 0.1) is 12.3 Å². The Balaban J connectivity index is 1.86. The van der Waals surface area contributed by atoms with E-state index in [4.69, 9.17) is 10.5 Å². The van der Waals surface area contributed by atoms with E-state index >= 15 is 0 Å². The van der Waals surface area contributed by atoms with Crippen LogP contribution in [0.4, 0.5) is 5.82 Å². The molecule has 4 heteroatoms. The summed E-state index contributed by atoms with van der Waals surface area (Å²) in [6.07, 6.45) is 2.58. The van der Waals surface area contributed by atoms with E-state index in [9.17, 15) is 0 Å². The number of nitrogens with zero attached hydrogens (tertiary/aromatic N) is 1. The van der Waals surface area contributed by atoms with Crippen LogP contribution in [0.15, 0.2) is 30.3 Å². The quantitative estimate of drug-likeness (QED) is 0.846. The molecule has 17 heavy (non-hydrogen) atoms. The first kappa shape index (κ1) is 10.2. The highest BCUT2D eigenvalue weighted by Gasteiger charge is 2.22. The minimum Gasteiger partial charge on any atom is -0.493 e. The fourth-order valence-corrected chi connectivity index (χ4v) is 1.78. The van der Waals surface area contributed by atoms with Gasteiger partial charge in [-0.15, -0.1) is 0 Å². The molecule has 1 heterocycles. The third-order valence-electron chi connectivity index (χ3n) is 2.95. The lowest BCUT2D eigenvalue weighted by Gasteiger charge is -2.09. The van der Waals surface area contributed by atoms with Gasteiger partial charge in [-0.05, 0) is 30.9 Å². The molecule has 0 radical (unpaired) electrons. The monoisotopic (exact) mass is 229 g/mol. The van der Waals surface area contributed by atoms with Gasteiger partial charge in [0.1, 0.15) is 11.6 Å². The molecule has 88 valence electrons. The molecule has 1 fully saturated rings. The molecule has 2 aromatic rings. The summed E-state index contributed by atoms with van der Waals surface area (Å²) >= 11 is 0. The van der Waals surface area contributed by atoms with Crippen LogP contribution in [0.1, 0.15) is 12.8 Å². The number of anilines is 1. The first-order valence-electron chi connectivity index (χ1n) is 5.86. The molecule has 1 aromatic heterocycles. The van der Waals surface area contributed by atoms with Gasteiger partial charge < -0.3 is 10.5 Å². The maximum Gasteiger partial charge on any atom is 0.145 e. The second-order valence-corrected chi connectivity index (χ2v) is 4.46. The highest BCUT2D eigenvalue weighted by atomic mass is 16.5. The Morgan fingerprint density at radius 1 is 1.35 bits per heavy atom. The zero-order valence-corrected chi connectivity index (χ0v) is 9.52. The summed E-state index contributed by atoms with van der Waals surface area (Å²) in [7, 11) is 0. The molecule has 3 N–H and O–H groups in total. The summed E-state index contributed by atoms with van der Waals surface area (Å²) in [6.45, 7) is 0.806. The van der Waals surface area contributed by atoms with Crippen LogP contribution in [0.2, 0.25) is 0 Å². The van der Waals surface area contributed by atoms with E-state index in [0.717, 1.165) is 29.5 Å². The molecule has 0 atom stereocenters. The van der Waals surface area contributed by atoms with Crippen molar-refractivity contribution in [2.75, 3.05) is 12.3 Å². The number of nitrogens with two attached hydrogens (primary N) is 1. The highest BCUT2D eigenvalue weighted by Crippen LogP contribution is 2.33. The van der Waals surface area contributed by atoms with Crippen molar-refractivity contribution in [2.45, 2.75) is 12.8 Å². The van der Waals surface area contributed by atoms with Gasteiger partial charge in [-0.1, -0.05) is 12.1 Å². The van der Waals surface area contributed by atoms with Crippen molar-refractivity contribution >= 4 is 5.82 Å². The van der Waals surface area contributed by atoms with E-state index in [1.165, 1.54) is 12.8 Å². The minimum absolute atomic E-state index is 0.497. The number of aromatic amines is 1. The van der Waals surface area contributed by atoms with Gasteiger partial charge in [0.25, 0.3) is 0 Å². The number of nitrogen functional groups attached to an aromatic ring is 1. The Kier molecular flexibility index (Phi) is 2.48. The molecule has 1 aromatic carbocycles. The predicted molar refractivity (Wildman–Crippen MR) is 66.7 cm³/mol. The fourth-order valence-electron chi connectivity index (χ4n) is 1.78. The third kappa shape index (κ3) is 2.25. The number of hydrogen-bond donors (Lipinski definition) is 2. The summed E-state index contributed by atoms with van der Waals surface area (Å²) in [5.74, 6) is 2.13. The van der Waals surface area contributed by atoms with Crippen molar-refractivity contribution in [2.24, 2.45) is 5.92 Å².